The fourth-order valence-electron chi connectivity index (χ4n) is 1.12. The molecule has 0 rings (SSSR count). The maximum absolute atomic E-state index is 11.5. The van der Waals surface area contributed by atoms with E-state index in [0.717, 1.165) is 4.90 Å². The van der Waals surface area contributed by atoms with Gasteiger partial charge in [-0.25, -0.2) is 0 Å². The molecule has 0 aliphatic heterocycles. The third-order valence-electron chi connectivity index (χ3n) is 2.20. The molecule has 0 aromatic carbocycles. The normalized spacial score (nSPS) is 11.7. The van der Waals surface area contributed by atoms with Crippen LogP contribution >= 0.6 is 0 Å². The molecule has 0 bridgehead atoms. The van der Waals surface area contributed by atoms with E-state index in [2.05, 4.69) is 0 Å². The summed E-state index contributed by atoms with van der Waals surface area (Å²) in [7, 11) is 1.38. The average molecular weight is 288 g/mol. The zero-order valence-corrected chi connectivity index (χ0v) is 12.0. The minimum absolute atomic E-state index is 0.195. The number of ether oxygens (including phenoxy) is 2. The van der Waals surface area contributed by atoms with Crippen molar-refractivity contribution >= 4 is 23.7 Å². The number of amidine groups is 1. The van der Waals surface area contributed by atoms with Gasteiger partial charge in [-0.05, 0) is 0 Å². The Kier molecular flexibility index (Phi) is 7.27. The molecule has 0 aromatic heterocycles. The molecule has 0 saturated carbocycles. The van der Waals surface area contributed by atoms with E-state index in [9.17, 15) is 14.4 Å². The molecule has 0 heterocycles. The minimum atomic E-state index is -1.11. The first kappa shape index (κ1) is 17.9. The first-order chi connectivity index (χ1) is 9.13. The van der Waals surface area contributed by atoms with E-state index < -0.39 is 30.6 Å². The Balaban J connectivity index is 4.19. The quantitative estimate of drug-likeness (QED) is 0.302. The van der Waals surface area contributed by atoms with Crippen molar-refractivity contribution in [2.75, 3.05) is 13.6 Å². The Morgan fingerprint density at radius 2 is 1.75 bits per heavy atom. The summed E-state index contributed by atoms with van der Waals surface area (Å²) in [5.41, 5.74) is 0. The second-order valence-corrected chi connectivity index (χ2v) is 4.52. The van der Waals surface area contributed by atoms with Gasteiger partial charge in [0.1, 0.15) is 18.8 Å². The van der Waals surface area contributed by atoms with Crippen LogP contribution in [0.15, 0.2) is 0 Å². The highest BCUT2D eigenvalue weighted by Crippen LogP contribution is 2.04. The first-order valence-electron chi connectivity index (χ1n) is 6.03. The molecular formula is C12H20N2O6. The van der Waals surface area contributed by atoms with Gasteiger partial charge in [-0.15, -0.1) is 0 Å². The third-order valence-corrected chi connectivity index (χ3v) is 2.20. The summed E-state index contributed by atoms with van der Waals surface area (Å²) in [5.74, 6) is -2.90. The van der Waals surface area contributed by atoms with Crippen molar-refractivity contribution < 1.29 is 29.0 Å². The summed E-state index contributed by atoms with van der Waals surface area (Å²) in [5, 5.41) is 16.1. The van der Waals surface area contributed by atoms with Gasteiger partial charge < -0.3 is 19.5 Å². The average Bonchev–Trinajstić information content (AvgIpc) is 2.26. The largest absolute Gasteiger partial charge is 0.480 e. The van der Waals surface area contributed by atoms with E-state index >= 15 is 0 Å². The fraction of sp³-hybridized carbons (Fsp3) is 0.667. The lowest BCUT2D eigenvalue weighted by Crippen LogP contribution is -2.34. The molecule has 0 aliphatic rings. The molecule has 0 amide bonds. The molecule has 2 N–H and O–H groups in total. The molecule has 114 valence electrons. The predicted octanol–water partition coefficient (Wildman–Crippen LogP) is 0.459. The fourth-order valence-corrected chi connectivity index (χ4v) is 1.12. The second-order valence-electron chi connectivity index (χ2n) is 4.52. The number of aliphatic carboxylic acids is 1. The highest BCUT2D eigenvalue weighted by Gasteiger charge is 2.19. The van der Waals surface area contributed by atoms with Crippen LogP contribution in [-0.4, -0.2) is 53.6 Å². The number of hydrogen-bond donors (Lipinski definition) is 2. The number of carbonyl (C=O) groups excluding carboxylic acids is 2. The minimum Gasteiger partial charge on any atom is -0.480 e. The van der Waals surface area contributed by atoms with Crippen LogP contribution in [0, 0.1) is 11.3 Å². The van der Waals surface area contributed by atoms with E-state index in [0.29, 0.717) is 0 Å². The van der Waals surface area contributed by atoms with Crippen LogP contribution in [0.2, 0.25) is 0 Å². The van der Waals surface area contributed by atoms with Crippen LogP contribution in [0.1, 0.15) is 27.2 Å². The van der Waals surface area contributed by atoms with Crippen LogP contribution in [0.5, 0.6) is 0 Å². The maximum Gasteiger partial charge on any atom is 0.323 e. The summed E-state index contributed by atoms with van der Waals surface area (Å²) < 4.78 is 9.63. The van der Waals surface area contributed by atoms with Gasteiger partial charge in [0.25, 0.3) is 0 Å². The zero-order chi connectivity index (χ0) is 15.9. The Bertz CT molecular complexity index is 393. The number of carboxylic acid groups (broad SMARTS) is 1. The number of carbonyl (C=O) groups is 3. The van der Waals surface area contributed by atoms with Crippen molar-refractivity contribution in [1.82, 2.24) is 4.90 Å². The van der Waals surface area contributed by atoms with Gasteiger partial charge in [-0.1, -0.05) is 13.8 Å². The van der Waals surface area contributed by atoms with Gasteiger partial charge in [-0.3, -0.25) is 19.8 Å². The lowest BCUT2D eigenvalue weighted by Gasteiger charge is -2.19. The van der Waals surface area contributed by atoms with Gasteiger partial charge in [0.2, 0.25) is 6.29 Å². The summed E-state index contributed by atoms with van der Waals surface area (Å²) >= 11 is 0. The molecule has 0 aromatic rings. The summed E-state index contributed by atoms with van der Waals surface area (Å²) in [6, 6.07) is 0. The molecule has 1 unspecified atom stereocenters. The molecule has 0 fully saturated rings. The van der Waals surface area contributed by atoms with Gasteiger partial charge in [0.05, 0.1) is 5.92 Å². The van der Waals surface area contributed by atoms with Crippen molar-refractivity contribution in [2.45, 2.75) is 33.5 Å². The number of likely N-dealkylation sites (N-methyl/N-ethyl adjacent to an activating group) is 1. The summed E-state index contributed by atoms with van der Waals surface area (Å²) in [6.45, 7) is 4.30. The van der Waals surface area contributed by atoms with Crippen molar-refractivity contribution in [3.63, 3.8) is 0 Å². The topological polar surface area (TPSA) is 117 Å². The molecule has 0 spiro atoms. The number of nitrogens with zero attached hydrogens (tertiary/aromatic N) is 1. The van der Waals surface area contributed by atoms with Crippen LogP contribution in [0.3, 0.4) is 0 Å². The summed E-state index contributed by atoms with van der Waals surface area (Å²) in [6.07, 6.45) is -1.44. The smallest absolute Gasteiger partial charge is 0.323 e. The van der Waals surface area contributed by atoms with Gasteiger partial charge in [-0.2, -0.15) is 0 Å². The van der Waals surface area contributed by atoms with Crippen LogP contribution < -0.4 is 0 Å². The van der Waals surface area contributed by atoms with Crippen molar-refractivity contribution in [2.24, 2.45) is 5.92 Å². The van der Waals surface area contributed by atoms with Gasteiger partial charge in [0, 0.05) is 14.0 Å². The maximum atomic E-state index is 11.5. The number of hydrogen-bond acceptors (Lipinski definition) is 6. The summed E-state index contributed by atoms with van der Waals surface area (Å²) in [4.78, 5) is 34.3. The van der Waals surface area contributed by atoms with E-state index in [1.165, 1.54) is 14.0 Å². The first-order valence-corrected chi connectivity index (χ1v) is 6.03. The molecule has 0 saturated heterocycles. The van der Waals surface area contributed by atoms with E-state index in [1.54, 1.807) is 13.8 Å². The molecule has 8 heteroatoms. The number of carboxylic acids is 1. The number of esters is 2. The standard InChI is InChI=1S/C12H20N2O6/c1-7(2)12(18)20-8(3)19-11(17)5-9(13)14(4)6-10(15)16/h7-8,13H,5-6H2,1-4H3,(H,15,16). The molecule has 0 aliphatic carbocycles. The third kappa shape index (κ3) is 7.34. The molecule has 1 atom stereocenters. The zero-order valence-electron chi connectivity index (χ0n) is 12.0. The number of rotatable bonds is 7. The van der Waals surface area contributed by atoms with Crippen molar-refractivity contribution in [1.29, 1.82) is 5.41 Å². The van der Waals surface area contributed by atoms with E-state index in [4.69, 9.17) is 20.0 Å². The molecule has 0 radical (unpaired) electrons. The lowest BCUT2D eigenvalue weighted by atomic mass is 10.2. The highest BCUT2D eigenvalue weighted by molar-refractivity contribution is 5.96. The number of nitrogens with one attached hydrogen (secondary N) is 1. The SMILES string of the molecule is CC(OC(=O)CC(=N)N(C)CC(=O)O)OC(=O)C(C)C. The second kappa shape index (κ2) is 8.13. The highest BCUT2D eigenvalue weighted by atomic mass is 16.7. The van der Waals surface area contributed by atoms with E-state index in [1.807, 2.05) is 0 Å². The van der Waals surface area contributed by atoms with E-state index in [-0.39, 0.29) is 18.3 Å². The lowest BCUT2D eigenvalue weighted by molar-refractivity contribution is -0.186. The Morgan fingerprint density at radius 3 is 2.20 bits per heavy atom. The Hall–Kier alpha value is -2.12. The predicted molar refractivity (Wildman–Crippen MR) is 69.1 cm³/mol. The van der Waals surface area contributed by atoms with Crippen LogP contribution in [-0.2, 0) is 23.9 Å². The Labute approximate surface area is 117 Å². The van der Waals surface area contributed by atoms with Crippen molar-refractivity contribution in [3.8, 4) is 0 Å². The van der Waals surface area contributed by atoms with Crippen LogP contribution in [0.4, 0.5) is 0 Å². The Morgan fingerprint density at radius 1 is 1.20 bits per heavy atom. The van der Waals surface area contributed by atoms with Crippen LogP contribution in [0.25, 0.3) is 0 Å². The van der Waals surface area contributed by atoms with Gasteiger partial charge >= 0.3 is 17.9 Å². The molecule has 8 nitrogen and oxygen atoms in total. The molecule has 20 heavy (non-hydrogen) atoms. The van der Waals surface area contributed by atoms with Gasteiger partial charge in [0.15, 0.2) is 0 Å². The molecular weight excluding hydrogens is 268 g/mol. The monoisotopic (exact) mass is 288 g/mol. The van der Waals surface area contributed by atoms with Crippen molar-refractivity contribution in [3.05, 3.63) is 0 Å².